The molecule has 0 aliphatic carbocycles. The Hall–Kier alpha value is -7.64. The number of rotatable bonds is 9. The second-order valence-electron chi connectivity index (χ2n) is 15.4. The van der Waals surface area contributed by atoms with Gasteiger partial charge in [-0.25, -0.2) is 14.4 Å². The largest absolute Gasteiger partial charge is 0.478 e. The van der Waals surface area contributed by atoms with Crippen molar-refractivity contribution in [3.05, 3.63) is 261 Å². The molecule has 0 saturated carbocycles. The molecule has 9 aromatic rings. The van der Waals surface area contributed by atoms with Crippen LogP contribution in [-0.2, 0) is 0 Å². The van der Waals surface area contributed by atoms with Crippen molar-refractivity contribution < 1.29 is 93.5 Å². The quantitative estimate of drug-likeness (QED) is 0.0921. The van der Waals surface area contributed by atoms with Crippen LogP contribution in [-0.4, -0.2) is 60.5 Å². The number of carboxylic acids is 3. The molecule has 69 heavy (non-hydrogen) atoms. The Bertz CT molecular complexity index is 2980. The second kappa shape index (κ2) is 24.9. The van der Waals surface area contributed by atoms with Gasteiger partial charge in [-0.05, 0) is 51.1 Å². The van der Waals surface area contributed by atoms with Gasteiger partial charge in [0, 0.05) is 106 Å². The molecule has 0 saturated heterocycles. The van der Waals surface area contributed by atoms with E-state index < -0.39 is 17.9 Å². The first kappa shape index (κ1) is 52.3. The maximum Gasteiger partial charge on any atom is 0.336 e. The van der Waals surface area contributed by atoms with Crippen LogP contribution in [0, 0.1) is 70.1 Å². The van der Waals surface area contributed by atoms with Crippen molar-refractivity contribution in [2.45, 2.75) is 20.8 Å². The van der Waals surface area contributed by atoms with E-state index >= 15 is 0 Å². The first-order valence-corrected chi connectivity index (χ1v) is 21.1. The molecule has 3 N–H and O–H groups in total. The number of pyridine rings is 2. The van der Waals surface area contributed by atoms with Gasteiger partial charge in [-0.1, -0.05) is 168 Å². The average molecular weight is 1050 g/mol. The molecule has 9 rings (SSSR count). The van der Waals surface area contributed by atoms with Gasteiger partial charge in [0.15, 0.2) is 17.3 Å². The Morgan fingerprint density at radius 2 is 0.565 bits per heavy atom. The molecule has 11 nitrogen and oxygen atoms in total. The van der Waals surface area contributed by atoms with Crippen LogP contribution >= 0.6 is 0 Å². The Morgan fingerprint density at radius 3 is 0.812 bits per heavy atom. The monoisotopic (exact) mass is 1050 g/mol. The van der Waals surface area contributed by atoms with Crippen LogP contribution in [0.4, 0.5) is 0 Å². The number of aryl methyl sites for hydroxylation is 3. The molecule has 2 aromatic heterocycles. The predicted molar refractivity (Wildman–Crippen MR) is 261 cm³/mol. The summed E-state index contributed by atoms with van der Waals surface area (Å²) in [7, 11) is 0. The van der Waals surface area contributed by atoms with Gasteiger partial charge in [-0.2, -0.15) is 0 Å². The molecule has 0 bridgehead atoms. The molecule has 343 valence electrons. The number of ketones is 3. The van der Waals surface area contributed by atoms with E-state index in [0.29, 0.717) is 16.7 Å². The third-order valence-corrected chi connectivity index (χ3v) is 10.5. The van der Waals surface area contributed by atoms with Crippen LogP contribution in [0.2, 0.25) is 0 Å². The van der Waals surface area contributed by atoms with Crippen LogP contribution < -0.4 is 0 Å². The summed E-state index contributed by atoms with van der Waals surface area (Å²) in [5.74, 6) is -4.09. The van der Waals surface area contributed by atoms with Crippen molar-refractivity contribution in [2.24, 2.45) is 0 Å². The normalized spacial score (nSPS) is 10.1. The van der Waals surface area contributed by atoms with Gasteiger partial charge >= 0.3 is 17.9 Å². The summed E-state index contributed by atoms with van der Waals surface area (Å²) in [6.45, 7) is 5.79. The standard InChI is InChI=1S/3C15H12O3.C12H8N2.Eu/c3*1-10-6-8-11(9-7-10)14(16)12-4-2-3-5-13(12)15(17)18;1-3-9-5-6-10-4-2-8-14-12(10)11(9)13-7-1;/h3*2-9H,1H3,(H,17,18);1-8H;. The minimum atomic E-state index is -1.09. The summed E-state index contributed by atoms with van der Waals surface area (Å²) in [6, 6.07) is 52.1. The van der Waals surface area contributed by atoms with Crippen molar-refractivity contribution in [2.75, 3.05) is 0 Å². The zero-order valence-corrected chi connectivity index (χ0v) is 40.0. The van der Waals surface area contributed by atoms with Gasteiger partial charge < -0.3 is 15.3 Å². The fourth-order valence-corrected chi connectivity index (χ4v) is 6.86. The van der Waals surface area contributed by atoms with Crippen molar-refractivity contribution >= 4 is 57.1 Å². The first-order valence-electron chi connectivity index (χ1n) is 21.1. The van der Waals surface area contributed by atoms with Gasteiger partial charge in [-0.15, -0.1) is 0 Å². The number of nitrogens with zero attached hydrogens (tertiary/aromatic N) is 2. The van der Waals surface area contributed by atoms with Gasteiger partial charge in [0.25, 0.3) is 0 Å². The smallest absolute Gasteiger partial charge is 0.336 e. The molecule has 0 unspecified atom stereocenters. The van der Waals surface area contributed by atoms with E-state index in [4.69, 9.17) is 15.3 Å². The summed E-state index contributed by atoms with van der Waals surface area (Å²) < 4.78 is 0. The molecule has 0 aliphatic heterocycles. The number of carbonyl (C=O) groups is 6. The van der Waals surface area contributed by atoms with Gasteiger partial charge in [0.05, 0.1) is 27.7 Å². The van der Waals surface area contributed by atoms with E-state index in [0.717, 1.165) is 38.5 Å². The number of hydrogen-bond donors (Lipinski definition) is 3. The first-order chi connectivity index (χ1) is 32.7. The number of hydrogen-bond acceptors (Lipinski definition) is 8. The predicted octanol–water partition coefficient (Wildman–Crippen LogP) is 11.6. The zero-order chi connectivity index (χ0) is 48.7. The summed E-state index contributed by atoms with van der Waals surface area (Å²) in [6.07, 6.45) is 3.60. The number of carbonyl (C=O) groups excluding carboxylic acids is 3. The van der Waals surface area contributed by atoms with E-state index in [1.165, 1.54) is 36.4 Å². The molecule has 0 aliphatic rings. The molecule has 12 heteroatoms. The molecule has 0 fully saturated rings. The van der Waals surface area contributed by atoms with Crippen molar-refractivity contribution in [3.63, 3.8) is 0 Å². The summed E-state index contributed by atoms with van der Waals surface area (Å²) in [4.78, 5) is 78.5. The van der Waals surface area contributed by atoms with E-state index in [9.17, 15) is 28.8 Å². The van der Waals surface area contributed by atoms with E-state index in [2.05, 4.69) is 34.2 Å². The van der Waals surface area contributed by atoms with E-state index in [-0.39, 0.29) is 100 Å². The number of carboxylic acid groups (broad SMARTS) is 3. The second-order valence-corrected chi connectivity index (χ2v) is 15.4. The Balaban J connectivity index is 0.000000171. The zero-order valence-electron chi connectivity index (χ0n) is 37.5. The van der Waals surface area contributed by atoms with Crippen molar-refractivity contribution in [1.29, 1.82) is 0 Å². The molecule has 0 spiro atoms. The van der Waals surface area contributed by atoms with Gasteiger partial charge in [0.1, 0.15) is 0 Å². The molecule has 7 aromatic carbocycles. The maximum atomic E-state index is 12.2. The minimum absolute atomic E-state index is 0. The average Bonchev–Trinajstić information content (AvgIpc) is 3.37. The van der Waals surface area contributed by atoms with Crippen LogP contribution in [0.25, 0.3) is 21.8 Å². The van der Waals surface area contributed by atoms with Gasteiger partial charge in [0.2, 0.25) is 0 Å². The summed E-state index contributed by atoms with van der Waals surface area (Å²) in [5.41, 5.74) is 7.34. The van der Waals surface area contributed by atoms with E-state index in [1.807, 2.05) is 69.3 Å². The third-order valence-electron chi connectivity index (χ3n) is 10.5. The molecule has 2 heterocycles. The number of fused-ring (bicyclic) bond motifs is 3. The van der Waals surface area contributed by atoms with Crippen molar-refractivity contribution in [3.8, 4) is 0 Å². The van der Waals surface area contributed by atoms with Crippen LogP contribution in [0.5, 0.6) is 0 Å². The fraction of sp³-hybridized carbons (Fsp3) is 0.0526. The SMILES string of the molecule is Cc1ccc(C(=O)c2ccccc2C(=O)O)cc1.Cc1ccc(C(=O)c2ccccc2C(=O)O)cc1.Cc1ccc(C(=O)c2ccccc2C(=O)O)cc1.[Eu].c1cnc2c(c1)ccc1cccnc12. The molecule has 0 amide bonds. The topological polar surface area (TPSA) is 189 Å². The molecule has 1 radical (unpaired) electrons. The fourth-order valence-electron chi connectivity index (χ4n) is 6.86. The number of benzene rings is 7. The van der Waals surface area contributed by atoms with Crippen LogP contribution in [0.3, 0.4) is 0 Å². The maximum absolute atomic E-state index is 12.2. The summed E-state index contributed by atoms with van der Waals surface area (Å²) in [5, 5.41) is 29.4. The van der Waals surface area contributed by atoms with Crippen LogP contribution in [0.1, 0.15) is 95.5 Å². The number of aromatic nitrogens is 2. The minimum Gasteiger partial charge on any atom is -0.478 e. The van der Waals surface area contributed by atoms with Gasteiger partial charge in [-0.3, -0.25) is 24.4 Å². The van der Waals surface area contributed by atoms with Crippen molar-refractivity contribution in [1.82, 2.24) is 9.97 Å². The third kappa shape index (κ3) is 13.7. The summed E-state index contributed by atoms with van der Waals surface area (Å²) >= 11 is 0. The number of aromatic carboxylic acids is 3. The Labute approximate surface area is 438 Å². The molecular formula is C57H44EuN2O9. The molecular weight excluding hydrogens is 1010 g/mol. The Morgan fingerprint density at radius 1 is 0.319 bits per heavy atom. The molecule has 0 atom stereocenters. The van der Waals surface area contributed by atoms with E-state index in [1.54, 1.807) is 85.2 Å². The Kier molecular flexibility index (Phi) is 18.9. The van der Waals surface area contributed by atoms with Crippen LogP contribution in [0.15, 0.2) is 194 Å².